The highest BCUT2D eigenvalue weighted by Crippen LogP contribution is 2.43. The van der Waals surface area contributed by atoms with Gasteiger partial charge in [0.05, 0.1) is 16.7 Å². The Labute approximate surface area is 355 Å². The molecule has 0 N–H and O–H groups in total. The van der Waals surface area contributed by atoms with Crippen LogP contribution in [0.15, 0.2) is 211 Å². The summed E-state index contributed by atoms with van der Waals surface area (Å²) >= 11 is 0. The molecule has 0 aliphatic heterocycles. The number of fused-ring (bicyclic) bond motifs is 9. The van der Waals surface area contributed by atoms with E-state index in [2.05, 4.69) is 193 Å². The molecule has 288 valence electrons. The molecule has 3 aromatic heterocycles. The third-order valence-corrected chi connectivity index (χ3v) is 12.4. The van der Waals surface area contributed by atoms with Crippen LogP contribution in [-0.2, 0) is 0 Å². The lowest BCUT2D eigenvalue weighted by atomic mass is 10.0. The third kappa shape index (κ3) is 5.52. The summed E-state index contributed by atoms with van der Waals surface area (Å²) < 4.78 is 9.04. The van der Waals surface area contributed by atoms with Crippen molar-refractivity contribution in [2.45, 2.75) is 0 Å². The van der Waals surface area contributed by atoms with E-state index in [1.807, 2.05) is 18.2 Å². The van der Waals surface area contributed by atoms with Gasteiger partial charge in [-0.3, -0.25) is 0 Å². The summed E-state index contributed by atoms with van der Waals surface area (Å²) in [5, 5.41) is 11.4. The van der Waals surface area contributed by atoms with Crippen molar-refractivity contribution in [3.8, 4) is 51.0 Å². The molecule has 0 bridgehead atoms. The molecular formula is C57H34N4O. The van der Waals surface area contributed by atoms with E-state index < -0.39 is 0 Å². The molecule has 62 heavy (non-hydrogen) atoms. The molecule has 0 saturated heterocycles. The van der Waals surface area contributed by atoms with Crippen LogP contribution in [-0.4, -0.2) is 19.5 Å². The Bertz CT molecular complexity index is 3830. The maximum atomic E-state index is 6.65. The number of nitrogens with zero attached hydrogens (tertiary/aromatic N) is 4. The van der Waals surface area contributed by atoms with Crippen molar-refractivity contribution in [2.24, 2.45) is 0 Å². The second-order valence-electron chi connectivity index (χ2n) is 16.0. The quantitative estimate of drug-likeness (QED) is 0.174. The Kier molecular flexibility index (Phi) is 7.54. The zero-order valence-electron chi connectivity index (χ0n) is 33.3. The van der Waals surface area contributed by atoms with Crippen LogP contribution in [0.5, 0.6) is 0 Å². The first-order chi connectivity index (χ1) is 30.7. The summed E-state index contributed by atoms with van der Waals surface area (Å²) in [4.78, 5) is 16.0. The van der Waals surface area contributed by atoms with Crippen molar-refractivity contribution in [3.63, 3.8) is 0 Å². The standard InChI is InChI=1S/C57H34N4O/c1-2-12-35(13-3-1)37-22-25-38(26-23-37)55-58-56(44-27-24-36-14-4-5-15-39(36)28-44)60-57(59-55)49-33-48-45-20-10-11-21-53(45)62-54(48)34-52(49)61-50-31-42-18-8-6-16-40(42)29-46(50)47-30-41-17-7-9-19-43(41)32-51(47)61/h1-34H. The maximum absolute atomic E-state index is 6.65. The molecule has 5 heteroatoms. The summed E-state index contributed by atoms with van der Waals surface area (Å²) in [6.45, 7) is 0. The summed E-state index contributed by atoms with van der Waals surface area (Å²) in [7, 11) is 0. The lowest BCUT2D eigenvalue weighted by Gasteiger charge is -2.16. The smallest absolute Gasteiger partial charge is 0.166 e. The van der Waals surface area contributed by atoms with E-state index in [4.69, 9.17) is 19.4 Å². The fourth-order valence-corrected chi connectivity index (χ4v) is 9.30. The predicted molar refractivity (Wildman–Crippen MR) is 256 cm³/mol. The van der Waals surface area contributed by atoms with Gasteiger partial charge in [0.15, 0.2) is 17.5 Å². The topological polar surface area (TPSA) is 56.7 Å². The van der Waals surface area contributed by atoms with Crippen LogP contribution in [0.25, 0.3) is 127 Å². The van der Waals surface area contributed by atoms with Crippen molar-refractivity contribution >= 4 is 76.1 Å². The molecule has 0 atom stereocenters. The molecule has 0 saturated carbocycles. The van der Waals surface area contributed by atoms with Crippen LogP contribution >= 0.6 is 0 Å². The zero-order chi connectivity index (χ0) is 40.7. The molecule has 13 rings (SSSR count). The molecule has 0 aliphatic rings. The molecule has 10 aromatic carbocycles. The number of hydrogen-bond acceptors (Lipinski definition) is 4. The van der Waals surface area contributed by atoms with Crippen LogP contribution in [0.1, 0.15) is 0 Å². The number of hydrogen-bond donors (Lipinski definition) is 0. The van der Waals surface area contributed by atoms with E-state index in [1.165, 1.54) is 32.3 Å². The van der Waals surface area contributed by atoms with E-state index in [1.54, 1.807) is 0 Å². The summed E-state index contributed by atoms with van der Waals surface area (Å²) in [6.07, 6.45) is 0. The van der Waals surface area contributed by atoms with E-state index in [9.17, 15) is 0 Å². The first-order valence-corrected chi connectivity index (χ1v) is 20.9. The highest BCUT2D eigenvalue weighted by molar-refractivity contribution is 6.17. The van der Waals surface area contributed by atoms with Gasteiger partial charge in [-0.15, -0.1) is 0 Å². The van der Waals surface area contributed by atoms with Gasteiger partial charge in [0.25, 0.3) is 0 Å². The third-order valence-electron chi connectivity index (χ3n) is 12.4. The molecule has 3 heterocycles. The fourth-order valence-electron chi connectivity index (χ4n) is 9.30. The molecule has 0 radical (unpaired) electrons. The number of rotatable bonds is 5. The molecule has 0 aliphatic carbocycles. The van der Waals surface area contributed by atoms with Crippen molar-refractivity contribution in [3.05, 3.63) is 206 Å². The van der Waals surface area contributed by atoms with Crippen molar-refractivity contribution < 1.29 is 4.42 Å². The van der Waals surface area contributed by atoms with Crippen LogP contribution in [0.3, 0.4) is 0 Å². The molecule has 0 unspecified atom stereocenters. The van der Waals surface area contributed by atoms with Gasteiger partial charge in [-0.05, 0) is 85.9 Å². The summed E-state index contributed by atoms with van der Waals surface area (Å²) in [5.74, 6) is 1.77. The second-order valence-corrected chi connectivity index (χ2v) is 16.0. The van der Waals surface area contributed by atoms with Gasteiger partial charge in [0, 0.05) is 44.3 Å². The van der Waals surface area contributed by atoms with E-state index in [-0.39, 0.29) is 0 Å². The Hall–Kier alpha value is -8.41. The largest absolute Gasteiger partial charge is 0.456 e. The normalized spacial score (nSPS) is 11.9. The summed E-state index contributed by atoms with van der Waals surface area (Å²) in [5.41, 5.74) is 9.70. The van der Waals surface area contributed by atoms with E-state index in [0.29, 0.717) is 17.5 Å². The van der Waals surface area contributed by atoms with Gasteiger partial charge in [-0.1, -0.05) is 158 Å². The first kappa shape index (κ1) is 34.5. The zero-order valence-corrected chi connectivity index (χ0v) is 33.3. The molecule has 0 fully saturated rings. The van der Waals surface area contributed by atoms with Crippen LogP contribution in [0, 0.1) is 0 Å². The fraction of sp³-hybridized carbons (Fsp3) is 0. The first-order valence-electron chi connectivity index (χ1n) is 20.9. The van der Waals surface area contributed by atoms with E-state index in [0.717, 1.165) is 77.2 Å². The molecular weight excluding hydrogens is 757 g/mol. The predicted octanol–water partition coefficient (Wildman–Crippen LogP) is 15.0. The van der Waals surface area contributed by atoms with Gasteiger partial charge in [-0.2, -0.15) is 0 Å². The molecule has 0 spiro atoms. The van der Waals surface area contributed by atoms with Gasteiger partial charge in [0.2, 0.25) is 0 Å². The van der Waals surface area contributed by atoms with Crippen molar-refractivity contribution in [1.82, 2.24) is 19.5 Å². The Morgan fingerprint density at radius 1 is 0.306 bits per heavy atom. The molecule has 13 aromatic rings. The molecule has 0 amide bonds. The minimum Gasteiger partial charge on any atom is -0.456 e. The average molecular weight is 791 g/mol. The van der Waals surface area contributed by atoms with Crippen LogP contribution in [0.4, 0.5) is 0 Å². The lowest BCUT2D eigenvalue weighted by molar-refractivity contribution is 0.668. The highest BCUT2D eigenvalue weighted by Gasteiger charge is 2.23. The van der Waals surface area contributed by atoms with Gasteiger partial charge in [-0.25, -0.2) is 15.0 Å². The second kappa shape index (κ2) is 13.6. The highest BCUT2D eigenvalue weighted by atomic mass is 16.3. The number of benzene rings is 10. The minimum absolute atomic E-state index is 0.573. The van der Waals surface area contributed by atoms with Crippen molar-refractivity contribution in [1.29, 1.82) is 0 Å². The number of para-hydroxylation sites is 1. The molecule has 5 nitrogen and oxygen atoms in total. The SMILES string of the molecule is c1ccc(-c2ccc(-c3nc(-c4ccc5ccccc5c4)nc(-c4cc5c(cc4-n4c6cc7ccccc7cc6c6cc7ccccc7cc64)oc4ccccc45)n3)cc2)cc1. The van der Waals surface area contributed by atoms with Gasteiger partial charge < -0.3 is 8.98 Å². The Morgan fingerprint density at radius 2 is 0.806 bits per heavy atom. The summed E-state index contributed by atoms with van der Waals surface area (Å²) in [6, 6.07) is 72.9. The Morgan fingerprint density at radius 3 is 1.48 bits per heavy atom. The van der Waals surface area contributed by atoms with Gasteiger partial charge in [0.1, 0.15) is 11.2 Å². The van der Waals surface area contributed by atoms with Crippen LogP contribution in [0.2, 0.25) is 0 Å². The maximum Gasteiger partial charge on any atom is 0.166 e. The van der Waals surface area contributed by atoms with E-state index >= 15 is 0 Å². The van der Waals surface area contributed by atoms with Crippen LogP contribution < -0.4 is 0 Å². The monoisotopic (exact) mass is 790 g/mol. The van der Waals surface area contributed by atoms with Gasteiger partial charge >= 0.3 is 0 Å². The lowest BCUT2D eigenvalue weighted by Crippen LogP contribution is -2.04. The minimum atomic E-state index is 0.573. The number of aromatic nitrogens is 4. The Balaban J connectivity index is 1.13. The number of furan rings is 1. The average Bonchev–Trinajstić information content (AvgIpc) is 3.85. The van der Waals surface area contributed by atoms with Crippen molar-refractivity contribution in [2.75, 3.05) is 0 Å².